The third kappa shape index (κ3) is 4.08. The van der Waals surface area contributed by atoms with E-state index in [1.807, 2.05) is 40.1 Å². The van der Waals surface area contributed by atoms with Crippen LogP contribution >= 0.6 is 0 Å². The average molecular weight is 562 g/mol. The van der Waals surface area contributed by atoms with Gasteiger partial charge in [0.25, 0.3) is 0 Å². The van der Waals surface area contributed by atoms with Gasteiger partial charge < -0.3 is 10.2 Å². The Morgan fingerprint density at radius 1 is 1.02 bits per heavy atom. The van der Waals surface area contributed by atoms with Crippen molar-refractivity contribution in [2.24, 2.45) is 50.2 Å². The first-order valence-electron chi connectivity index (χ1n) is 15.8. The van der Waals surface area contributed by atoms with E-state index in [1.165, 1.54) is 0 Å². The molecular formula is C35H51N3O3. The van der Waals surface area contributed by atoms with E-state index in [1.54, 1.807) is 0 Å². The Morgan fingerprint density at radius 3 is 2.32 bits per heavy atom. The Hall–Kier alpha value is -2.26. The van der Waals surface area contributed by atoms with E-state index in [-0.39, 0.29) is 57.0 Å². The predicted octanol–water partition coefficient (Wildman–Crippen LogP) is 5.88. The first-order chi connectivity index (χ1) is 18.9. The molecule has 2 unspecified atom stereocenters. The lowest BCUT2D eigenvalue weighted by Crippen LogP contribution is -2.66. The maximum absolute atomic E-state index is 14.6. The Labute approximate surface area is 247 Å². The van der Waals surface area contributed by atoms with Gasteiger partial charge in [-0.05, 0) is 93.2 Å². The highest BCUT2D eigenvalue weighted by Crippen LogP contribution is 2.74. The zero-order valence-corrected chi connectivity index (χ0v) is 26.9. The number of nitrogens with one attached hydrogen (secondary N) is 1. The summed E-state index contributed by atoms with van der Waals surface area (Å²) in [7, 11) is 4.03. The van der Waals surface area contributed by atoms with Gasteiger partial charge in [0.1, 0.15) is 6.07 Å². The molecule has 0 radical (unpaired) electrons. The number of likely N-dealkylation sites (N-methyl/N-ethyl adjacent to an activating group) is 1. The van der Waals surface area contributed by atoms with E-state index in [2.05, 4.69) is 50.9 Å². The van der Waals surface area contributed by atoms with Crippen LogP contribution in [0.25, 0.3) is 0 Å². The second kappa shape index (κ2) is 9.37. The lowest BCUT2D eigenvalue weighted by Gasteiger charge is -2.69. The quantitative estimate of drug-likeness (QED) is 0.463. The highest BCUT2D eigenvalue weighted by Gasteiger charge is 2.70. The summed E-state index contributed by atoms with van der Waals surface area (Å²) >= 11 is 0. The van der Waals surface area contributed by atoms with Crippen molar-refractivity contribution in [3.05, 3.63) is 23.3 Å². The summed E-state index contributed by atoms with van der Waals surface area (Å²) in [6.45, 7) is 16.8. The van der Waals surface area contributed by atoms with Crippen molar-refractivity contribution in [2.45, 2.75) is 93.4 Å². The Balaban J connectivity index is 1.62. The van der Waals surface area contributed by atoms with E-state index in [0.717, 1.165) is 57.1 Å². The fraction of sp³-hybridized carbons (Fsp3) is 0.771. The minimum Gasteiger partial charge on any atom is -0.354 e. The van der Waals surface area contributed by atoms with Crippen molar-refractivity contribution >= 4 is 17.5 Å². The minimum atomic E-state index is -0.669. The highest BCUT2D eigenvalue weighted by atomic mass is 16.2. The highest BCUT2D eigenvalue weighted by molar-refractivity contribution is 6.04. The Morgan fingerprint density at radius 2 is 1.68 bits per heavy atom. The molecule has 1 N–H and O–H groups in total. The Kier molecular flexibility index (Phi) is 6.90. The molecule has 0 heterocycles. The van der Waals surface area contributed by atoms with Crippen molar-refractivity contribution in [2.75, 3.05) is 27.2 Å². The summed E-state index contributed by atoms with van der Waals surface area (Å²) in [4.78, 5) is 44.0. The first kappa shape index (κ1) is 30.2. The largest absolute Gasteiger partial charge is 0.354 e. The molecule has 1 amide bonds. The topological polar surface area (TPSA) is 90.3 Å². The van der Waals surface area contributed by atoms with Crippen molar-refractivity contribution in [3.63, 3.8) is 0 Å². The number of hydrogen-bond donors (Lipinski definition) is 1. The molecule has 7 atom stereocenters. The number of allylic oxidation sites excluding steroid dienone is 4. The van der Waals surface area contributed by atoms with Crippen LogP contribution in [0.15, 0.2) is 23.3 Å². The molecule has 5 rings (SSSR count). The molecule has 0 saturated heterocycles. The van der Waals surface area contributed by atoms with E-state index in [9.17, 15) is 19.6 Å². The lowest BCUT2D eigenvalue weighted by atomic mass is 9.34. The van der Waals surface area contributed by atoms with E-state index in [4.69, 9.17) is 0 Å². The van der Waals surface area contributed by atoms with Crippen LogP contribution in [0.4, 0.5) is 0 Å². The number of hydrogen-bond acceptors (Lipinski definition) is 5. The summed E-state index contributed by atoms with van der Waals surface area (Å²) in [5.41, 5.74) is -0.887. The number of carbonyl (C=O) groups excluding carboxylic acids is 3. The van der Waals surface area contributed by atoms with Crippen molar-refractivity contribution in [1.29, 1.82) is 5.26 Å². The summed E-state index contributed by atoms with van der Waals surface area (Å²) < 4.78 is 0. The molecule has 41 heavy (non-hydrogen) atoms. The molecule has 0 aromatic heterocycles. The molecule has 0 aliphatic heterocycles. The molecule has 224 valence electrons. The summed E-state index contributed by atoms with van der Waals surface area (Å²) in [6, 6.07) is 2.19. The van der Waals surface area contributed by atoms with Gasteiger partial charge in [0.15, 0.2) is 11.6 Å². The van der Waals surface area contributed by atoms with Gasteiger partial charge in [-0.1, -0.05) is 60.1 Å². The first-order valence-corrected chi connectivity index (χ1v) is 15.8. The van der Waals surface area contributed by atoms with Crippen LogP contribution in [0, 0.1) is 61.6 Å². The number of fused-ring (bicyclic) bond motifs is 7. The van der Waals surface area contributed by atoms with Crippen molar-refractivity contribution in [1.82, 2.24) is 10.2 Å². The van der Waals surface area contributed by atoms with Crippen LogP contribution < -0.4 is 5.32 Å². The molecule has 6 nitrogen and oxygen atoms in total. The standard InChI is InChI=1S/C35H51N3O3/c1-30(2)12-14-35(29(41)37-16-17-38(8)9)15-13-34(7)27(23(35)20-30)24(39)18-26-32(5)19-22(21-36)28(40)31(3,4)25(32)10-11-33(26,34)6/h18-19,23,25,27H,10-17,20H2,1-9H3,(H,37,41)/t23?,25-,27?,32-,33+,34+,35-/m0/s1. The second-order valence-corrected chi connectivity index (χ2v) is 16.5. The number of amides is 1. The van der Waals surface area contributed by atoms with Crippen LogP contribution in [0.2, 0.25) is 0 Å². The second-order valence-electron chi connectivity index (χ2n) is 16.5. The van der Waals surface area contributed by atoms with Crippen molar-refractivity contribution < 1.29 is 14.4 Å². The van der Waals surface area contributed by atoms with Gasteiger partial charge in [-0.3, -0.25) is 14.4 Å². The third-order valence-corrected chi connectivity index (χ3v) is 13.2. The van der Waals surface area contributed by atoms with Crippen LogP contribution in [0.1, 0.15) is 93.4 Å². The molecule has 0 aromatic rings. The molecular weight excluding hydrogens is 510 g/mol. The minimum absolute atomic E-state index is 0.00778. The van der Waals surface area contributed by atoms with Gasteiger partial charge in [-0.25, -0.2) is 0 Å². The van der Waals surface area contributed by atoms with E-state index < -0.39 is 16.2 Å². The zero-order chi connectivity index (χ0) is 30.4. The third-order valence-electron chi connectivity index (χ3n) is 13.2. The van der Waals surface area contributed by atoms with Gasteiger partial charge in [-0.15, -0.1) is 0 Å². The van der Waals surface area contributed by atoms with Crippen LogP contribution in [-0.2, 0) is 14.4 Å². The number of nitriles is 1. The molecule has 5 aliphatic rings. The molecule has 0 bridgehead atoms. The summed E-state index contributed by atoms with van der Waals surface area (Å²) in [5.74, 6) is 0.0139. The van der Waals surface area contributed by atoms with Crippen LogP contribution in [0.3, 0.4) is 0 Å². The maximum atomic E-state index is 14.6. The van der Waals surface area contributed by atoms with Crippen LogP contribution in [0.5, 0.6) is 0 Å². The molecule has 0 aromatic carbocycles. The Bertz CT molecular complexity index is 1280. The summed E-state index contributed by atoms with van der Waals surface area (Å²) in [5, 5.41) is 13.2. The molecule has 6 heteroatoms. The number of carbonyl (C=O) groups is 3. The summed E-state index contributed by atoms with van der Waals surface area (Å²) in [6.07, 6.45) is 9.94. The molecule has 5 aliphatic carbocycles. The monoisotopic (exact) mass is 561 g/mol. The number of Topliss-reactive ketones (excluding diaryl/α,β-unsaturated/α-hetero) is 1. The fourth-order valence-electron chi connectivity index (χ4n) is 10.6. The maximum Gasteiger partial charge on any atom is 0.226 e. The van der Waals surface area contributed by atoms with Gasteiger partial charge in [-0.2, -0.15) is 5.26 Å². The van der Waals surface area contributed by atoms with E-state index in [0.29, 0.717) is 6.54 Å². The smallest absolute Gasteiger partial charge is 0.226 e. The fourth-order valence-corrected chi connectivity index (χ4v) is 10.6. The number of ketones is 2. The lowest BCUT2D eigenvalue weighted by molar-refractivity contribution is -0.178. The van der Waals surface area contributed by atoms with Gasteiger partial charge in [0.2, 0.25) is 5.91 Å². The van der Waals surface area contributed by atoms with Crippen LogP contribution in [-0.4, -0.2) is 49.6 Å². The number of nitrogens with zero attached hydrogens (tertiary/aromatic N) is 2. The van der Waals surface area contributed by atoms with Crippen molar-refractivity contribution in [3.8, 4) is 6.07 Å². The predicted molar refractivity (Wildman–Crippen MR) is 160 cm³/mol. The zero-order valence-electron chi connectivity index (χ0n) is 26.9. The average Bonchev–Trinajstić information content (AvgIpc) is 2.87. The molecule has 3 saturated carbocycles. The van der Waals surface area contributed by atoms with Gasteiger partial charge in [0, 0.05) is 29.8 Å². The normalized spacial score (nSPS) is 42.5. The molecule has 3 fully saturated rings. The SMILES string of the molecule is CN(C)CCNC(=O)[C@]12CCC(C)(C)CC1C1C(=O)C=C3[C@@]4(C)C=C(C#N)C(=O)C(C)(C)[C@@H]4CC[C@@]3(C)[C@]1(C)CC2. The molecule has 0 spiro atoms. The van der Waals surface area contributed by atoms with Gasteiger partial charge in [0.05, 0.1) is 11.0 Å². The number of rotatable bonds is 4. The van der Waals surface area contributed by atoms with Gasteiger partial charge >= 0.3 is 0 Å². The van der Waals surface area contributed by atoms with E-state index >= 15 is 0 Å².